The van der Waals surface area contributed by atoms with Crippen molar-refractivity contribution in [2.45, 2.75) is 25.7 Å². The number of rotatable bonds is 1. The highest BCUT2D eigenvalue weighted by Crippen LogP contribution is 2.26. The lowest BCUT2D eigenvalue weighted by Gasteiger charge is -2.17. The van der Waals surface area contributed by atoms with Crippen LogP contribution in [0.1, 0.15) is 34.3 Å². The van der Waals surface area contributed by atoms with Crippen molar-refractivity contribution in [2.75, 3.05) is 0 Å². The molecule has 1 aliphatic carbocycles. The molecule has 0 unspecified atom stereocenters. The van der Waals surface area contributed by atoms with E-state index in [0.717, 1.165) is 24.8 Å². The average Bonchev–Trinajstić information content (AvgIpc) is 2.17. The van der Waals surface area contributed by atoms with Gasteiger partial charge in [0.15, 0.2) is 0 Å². The van der Waals surface area contributed by atoms with E-state index in [1.54, 1.807) is 6.07 Å². The van der Waals surface area contributed by atoms with Crippen molar-refractivity contribution in [3.05, 3.63) is 34.6 Å². The number of aryl methyl sites for hydroxylation is 1. The molecule has 0 bridgehead atoms. The Morgan fingerprint density at radius 2 is 2.00 bits per heavy atom. The smallest absolute Gasteiger partial charge is 0.338 e. The fraction of sp³-hybridized carbons (Fsp3) is 0.364. The molecule has 74 valence electrons. The molecule has 2 nitrogen and oxygen atoms in total. The normalized spacial score (nSPS) is 14.9. The molecule has 0 aliphatic heterocycles. The summed E-state index contributed by atoms with van der Waals surface area (Å²) in [5, 5.41) is 8.88. The molecule has 0 aromatic heterocycles. The van der Waals surface area contributed by atoms with Crippen molar-refractivity contribution < 1.29 is 14.3 Å². The number of aromatic carboxylic acids is 1. The van der Waals surface area contributed by atoms with Crippen molar-refractivity contribution in [1.29, 1.82) is 0 Å². The summed E-state index contributed by atoms with van der Waals surface area (Å²) in [5.74, 6) is -1.76. The van der Waals surface area contributed by atoms with Gasteiger partial charge in [0.05, 0.1) is 5.56 Å². The highest BCUT2D eigenvalue weighted by atomic mass is 19.1. The first-order chi connectivity index (χ1) is 6.70. The molecule has 1 aromatic rings. The number of carbonyl (C=O) groups is 1. The summed E-state index contributed by atoms with van der Waals surface area (Å²) in [5.41, 5.74) is 1.57. The van der Waals surface area contributed by atoms with Gasteiger partial charge in [0, 0.05) is 0 Å². The first-order valence-corrected chi connectivity index (χ1v) is 4.73. The first-order valence-electron chi connectivity index (χ1n) is 4.73. The number of carboxylic acid groups (broad SMARTS) is 1. The van der Waals surface area contributed by atoms with E-state index in [4.69, 9.17) is 5.11 Å². The van der Waals surface area contributed by atoms with E-state index < -0.39 is 11.8 Å². The van der Waals surface area contributed by atoms with Crippen LogP contribution in [-0.4, -0.2) is 11.1 Å². The molecule has 0 saturated carbocycles. The Kier molecular flexibility index (Phi) is 2.23. The molecule has 14 heavy (non-hydrogen) atoms. The summed E-state index contributed by atoms with van der Waals surface area (Å²) in [6.07, 6.45) is 3.58. The topological polar surface area (TPSA) is 37.3 Å². The second-order valence-corrected chi connectivity index (χ2v) is 3.57. The largest absolute Gasteiger partial charge is 0.478 e. The molecule has 0 atom stereocenters. The van der Waals surface area contributed by atoms with Crippen LogP contribution in [0.4, 0.5) is 4.39 Å². The second kappa shape index (κ2) is 3.40. The lowest BCUT2D eigenvalue weighted by molar-refractivity contribution is 0.0690. The summed E-state index contributed by atoms with van der Waals surface area (Å²) in [6, 6.07) is 2.96. The molecule has 0 saturated heterocycles. The predicted molar refractivity (Wildman–Crippen MR) is 50.0 cm³/mol. The lowest BCUT2D eigenvalue weighted by atomic mass is 9.88. The Morgan fingerprint density at radius 3 is 2.71 bits per heavy atom. The highest BCUT2D eigenvalue weighted by molar-refractivity contribution is 5.90. The van der Waals surface area contributed by atoms with Gasteiger partial charge in [-0.25, -0.2) is 9.18 Å². The highest BCUT2D eigenvalue weighted by Gasteiger charge is 2.20. The van der Waals surface area contributed by atoms with Crippen LogP contribution in [0.5, 0.6) is 0 Å². The third-order valence-electron chi connectivity index (χ3n) is 2.70. The van der Waals surface area contributed by atoms with Gasteiger partial charge >= 0.3 is 5.97 Å². The van der Waals surface area contributed by atoms with E-state index in [1.165, 1.54) is 6.07 Å². The van der Waals surface area contributed by atoms with E-state index >= 15 is 0 Å². The standard InChI is InChI=1S/C11H11FO2/c12-9-6-5-7-3-1-2-4-8(7)10(9)11(13)14/h5-6H,1-4H2,(H,13,14). The zero-order valence-corrected chi connectivity index (χ0v) is 7.72. The van der Waals surface area contributed by atoms with Gasteiger partial charge in [0.25, 0.3) is 0 Å². The van der Waals surface area contributed by atoms with Crippen molar-refractivity contribution >= 4 is 5.97 Å². The minimum absolute atomic E-state index is 0.123. The Bertz CT molecular complexity index is 385. The summed E-state index contributed by atoms with van der Waals surface area (Å²) in [7, 11) is 0. The fourth-order valence-electron chi connectivity index (χ4n) is 2.03. The molecular formula is C11H11FO2. The Hall–Kier alpha value is -1.38. The number of benzene rings is 1. The molecule has 1 N–H and O–H groups in total. The average molecular weight is 194 g/mol. The molecule has 0 spiro atoms. The maximum atomic E-state index is 13.2. The number of carboxylic acids is 1. The maximum Gasteiger partial charge on any atom is 0.338 e. The van der Waals surface area contributed by atoms with Gasteiger partial charge in [-0.3, -0.25) is 0 Å². The van der Waals surface area contributed by atoms with Gasteiger partial charge in [0.2, 0.25) is 0 Å². The number of hydrogen-bond donors (Lipinski definition) is 1. The van der Waals surface area contributed by atoms with Crippen LogP contribution in [0.15, 0.2) is 12.1 Å². The Morgan fingerprint density at radius 1 is 1.29 bits per heavy atom. The number of halogens is 1. The van der Waals surface area contributed by atoms with Crippen molar-refractivity contribution in [3.8, 4) is 0 Å². The monoisotopic (exact) mass is 194 g/mol. The Labute approximate surface area is 81.4 Å². The van der Waals surface area contributed by atoms with Crippen LogP contribution >= 0.6 is 0 Å². The Balaban J connectivity index is 2.60. The molecule has 0 heterocycles. The van der Waals surface area contributed by atoms with E-state index in [9.17, 15) is 9.18 Å². The minimum atomic E-state index is -1.15. The van der Waals surface area contributed by atoms with Crippen LogP contribution in [0.3, 0.4) is 0 Å². The quantitative estimate of drug-likeness (QED) is 0.745. The molecule has 1 aromatic carbocycles. The zero-order chi connectivity index (χ0) is 10.1. The van der Waals surface area contributed by atoms with Gasteiger partial charge in [-0.1, -0.05) is 6.07 Å². The summed E-state index contributed by atoms with van der Waals surface area (Å²) < 4.78 is 13.2. The zero-order valence-electron chi connectivity index (χ0n) is 7.72. The van der Waals surface area contributed by atoms with Gasteiger partial charge in [0.1, 0.15) is 5.82 Å². The summed E-state index contributed by atoms with van der Waals surface area (Å²) >= 11 is 0. The fourth-order valence-corrected chi connectivity index (χ4v) is 2.03. The van der Waals surface area contributed by atoms with Gasteiger partial charge < -0.3 is 5.11 Å². The van der Waals surface area contributed by atoms with E-state index in [-0.39, 0.29) is 5.56 Å². The first kappa shape index (κ1) is 9.19. The number of fused-ring (bicyclic) bond motifs is 1. The van der Waals surface area contributed by atoms with Crippen LogP contribution in [-0.2, 0) is 12.8 Å². The van der Waals surface area contributed by atoms with Crippen molar-refractivity contribution in [1.82, 2.24) is 0 Å². The van der Waals surface area contributed by atoms with Crippen LogP contribution in [0.25, 0.3) is 0 Å². The van der Waals surface area contributed by atoms with Crippen LogP contribution in [0.2, 0.25) is 0 Å². The van der Waals surface area contributed by atoms with E-state index in [1.807, 2.05) is 0 Å². The van der Waals surface area contributed by atoms with Crippen molar-refractivity contribution in [3.63, 3.8) is 0 Å². The molecule has 3 heteroatoms. The molecule has 0 radical (unpaired) electrons. The van der Waals surface area contributed by atoms with Crippen molar-refractivity contribution in [2.24, 2.45) is 0 Å². The van der Waals surface area contributed by atoms with E-state index in [2.05, 4.69) is 0 Å². The van der Waals surface area contributed by atoms with Gasteiger partial charge in [-0.05, 0) is 42.9 Å². The third-order valence-corrected chi connectivity index (χ3v) is 2.70. The van der Waals surface area contributed by atoms with Gasteiger partial charge in [-0.15, -0.1) is 0 Å². The van der Waals surface area contributed by atoms with E-state index in [0.29, 0.717) is 12.0 Å². The molecule has 0 amide bonds. The molecule has 1 aliphatic rings. The molecular weight excluding hydrogens is 183 g/mol. The predicted octanol–water partition coefficient (Wildman–Crippen LogP) is 2.40. The van der Waals surface area contributed by atoms with Crippen LogP contribution < -0.4 is 0 Å². The second-order valence-electron chi connectivity index (χ2n) is 3.57. The van der Waals surface area contributed by atoms with Crippen LogP contribution in [0, 0.1) is 5.82 Å². The third kappa shape index (κ3) is 1.39. The SMILES string of the molecule is O=C(O)c1c(F)ccc2c1CCCC2. The molecule has 2 rings (SSSR count). The van der Waals surface area contributed by atoms with Gasteiger partial charge in [-0.2, -0.15) is 0 Å². The summed E-state index contributed by atoms with van der Waals surface area (Å²) in [6.45, 7) is 0. The maximum absolute atomic E-state index is 13.2. The summed E-state index contributed by atoms with van der Waals surface area (Å²) in [4.78, 5) is 10.9. The number of hydrogen-bond acceptors (Lipinski definition) is 1. The lowest BCUT2D eigenvalue weighted by Crippen LogP contribution is -2.12. The molecule has 0 fully saturated rings. The minimum Gasteiger partial charge on any atom is -0.478 e.